The molecule has 0 aromatic heterocycles. The Labute approximate surface area is 125 Å². The molecule has 1 aromatic carbocycles. The summed E-state index contributed by atoms with van der Waals surface area (Å²) < 4.78 is 27.9. The zero-order chi connectivity index (χ0) is 15.5. The second kappa shape index (κ2) is 6.47. The molecule has 1 atom stereocenters. The molecule has 0 aliphatic carbocycles. The van der Waals surface area contributed by atoms with E-state index in [2.05, 4.69) is 0 Å². The summed E-state index contributed by atoms with van der Waals surface area (Å²) in [5.74, 6) is 0.760. The van der Waals surface area contributed by atoms with Gasteiger partial charge in [-0.1, -0.05) is 6.07 Å². The summed E-state index contributed by atoms with van der Waals surface area (Å²) >= 11 is 0. The lowest BCUT2D eigenvalue weighted by Crippen LogP contribution is -2.41. The van der Waals surface area contributed by atoms with E-state index in [0.717, 1.165) is 12.8 Å². The van der Waals surface area contributed by atoms with E-state index < -0.39 is 9.84 Å². The maximum Gasteiger partial charge on any atom is 0.253 e. The van der Waals surface area contributed by atoms with Crippen LogP contribution in [0, 0.1) is 5.92 Å². The van der Waals surface area contributed by atoms with Gasteiger partial charge < -0.3 is 9.64 Å². The molecular weight excluding hydrogens is 290 g/mol. The fraction of sp³-hybridized carbons (Fsp3) is 0.533. The molecule has 1 heterocycles. The molecule has 5 nitrogen and oxygen atoms in total. The summed E-state index contributed by atoms with van der Waals surface area (Å²) in [6.45, 7) is 1.18. The van der Waals surface area contributed by atoms with Crippen molar-refractivity contribution in [3.63, 3.8) is 0 Å². The van der Waals surface area contributed by atoms with Crippen molar-refractivity contribution in [3.05, 3.63) is 29.8 Å². The van der Waals surface area contributed by atoms with Gasteiger partial charge >= 0.3 is 0 Å². The van der Waals surface area contributed by atoms with E-state index >= 15 is 0 Å². The maximum atomic E-state index is 12.5. The minimum Gasteiger partial charge on any atom is -0.497 e. The van der Waals surface area contributed by atoms with Gasteiger partial charge in [0, 0.05) is 24.9 Å². The smallest absolute Gasteiger partial charge is 0.253 e. The Hall–Kier alpha value is -1.56. The Morgan fingerprint density at radius 3 is 2.86 bits per heavy atom. The van der Waals surface area contributed by atoms with Gasteiger partial charge in [0.15, 0.2) is 0 Å². The number of methoxy groups -OCH3 is 1. The third-order valence-electron chi connectivity index (χ3n) is 3.66. The van der Waals surface area contributed by atoms with Crippen molar-refractivity contribution in [1.82, 2.24) is 4.90 Å². The van der Waals surface area contributed by atoms with Crippen molar-refractivity contribution in [2.75, 3.05) is 32.2 Å². The van der Waals surface area contributed by atoms with Gasteiger partial charge in [-0.05, 0) is 37.0 Å². The Kier molecular flexibility index (Phi) is 4.88. The van der Waals surface area contributed by atoms with Gasteiger partial charge in [0.2, 0.25) is 0 Å². The largest absolute Gasteiger partial charge is 0.497 e. The van der Waals surface area contributed by atoms with Crippen LogP contribution in [0.2, 0.25) is 0 Å². The average molecular weight is 311 g/mol. The lowest BCUT2D eigenvalue weighted by atomic mass is 9.99. The molecule has 1 aliphatic rings. The van der Waals surface area contributed by atoms with Crippen molar-refractivity contribution in [1.29, 1.82) is 0 Å². The third-order valence-corrected chi connectivity index (χ3v) is 4.74. The number of hydrogen-bond donors (Lipinski definition) is 0. The first kappa shape index (κ1) is 15.8. The van der Waals surface area contributed by atoms with Gasteiger partial charge in [-0.3, -0.25) is 4.79 Å². The molecule has 0 unspecified atom stereocenters. The Morgan fingerprint density at radius 2 is 2.19 bits per heavy atom. The van der Waals surface area contributed by atoms with E-state index in [1.54, 1.807) is 36.3 Å². The second-order valence-corrected chi connectivity index (χ2v) is 7.77. The summed E-state index contributed by atoms with van der Waals surface area (Å²) in [6, 6.07) is 7.04. The highest BCUT2D eigenvalue weighted by atomic mass is 32.2. The van der Waals surface area contributed by atoms with Gasteiger partial charge in [-0.2, -0.15) is 0 Å². The van der Waals surface area contributed by atoms with E-state index in [1.165, 1.54) is 6.26 Å². The zero-order valence-electron chi connectivity index (χ0n) is 12.4. The third kappa shape index (κ3) is 4.46. The summed E-state index contributed by atoms with van der Waals surface area (Å²) in [4.78, 5) is 14.2. The summed E-state index contributed by atoms with van der Waals surface area (Å²) in [7, 11) is -1.44. The number of ether oxygens (including phenoxy) is 1. The van der Waals surface area contributed by atoms with Crippen LogP contribution >= 0.6 is 0 Å². The van der Waals surface area contributed by atoms with E-state index in [1.807, 2.05) is 0 Å². The van der Waals surface area contributed by atoms with Crippen LogP contribution in [0.3, 0.4) is 0 Å². The molecule has 1 fully saturated rings. The highest BCUT2D eigenvalue weighted by Gasteiger charge is 2.26. The molecule has 0 radical (unpaired) electrons. The standard InChI is InChI=1S/C15H21NO4S/c1-20-14-7-3-6-13(9-14)15(17)16-8-4-5-12(10-16)11-21(2,18)19/h3,6-7,9,12H,4-5,8,10-11H2,1-2H3/t12-/m1/s1. The monoisotopic (exact) mass is 311 g/mol. The molecule has 1 aromatic rings. The first-order valence-corrected chi connectivity index (χ1v) is 9.06. The molecule has 6 heteroatoms. The number of piperidine rings is 1. The summed E-state index contributed by atoms with van der Waals surface area (Å²) in [5, 5.41) is 0. The minimum absolute atomic E-state index is 0.0308. The fourth-order valence-electron chi connectivity index (χ4n) is 2.75. The van der Waals surface area contributed by atoms with Crippen LogP contribution in [-0.4, -0.2) is 51.4 Å². The van der Waals surface area contributed by atoms with Crippen molar-refractivity contribution >= 4 is 15.7 Å². The first-order chi connectivity index (χ1) is 9.89. The van der Waals surface area contributed by atoms with E-state index in [9.17, 15) is 13.2 Å². The Balaban J connectivity index is 2.08. The molecule has 1 aliphatic heterocycles. The quantitative estimate of drug-likeness (QED) is 0.847. The highest BCUT2D eigenvalue weighted by Crippen LogP contribution is 2.21. The highest BCUT2D eigenvalue weighted by molar-refractivity contribution is 7.90. The SMILES string of the molecule is COc1cccc(C(=O)N2CCC[C@@H](CS(C)(=O)=O)C2)c1. The Bertz CT molecular complexity index is 612. The number of likely N-dealkylation sites (tertiary alicyclic amines) is 1. The van der Waals surface area contributed by atoms with E-state index in [0.29, 0.717) is 24.4 Å². The predicted octanol–water partition coefficient (Wildman–Crippen LogP) is 1.59. The minimum atomic E-state index is -3.01. The van der Waals surface area contributed by atoms with Crippen LogP contribution in [0.5, 0.6) is 5.75 Å². The molecule has 1 amide bonds. The fourth-order valence-corrected chi connectivity index (χ4v) is 3.88. The number of carbonyl (C=O) groups is 1. The molecule has 0 saturated carbocycles. The summed E-state index contributed by atoms with van der Waals surface area (Å²) in [6.07, 6.45) is 2.95. The molecule has 116 valence electrons. The number of sulfone groups is 1. The molecule has 1 saturated heterocycles. The molecular formula is C15H21NO4S. The zero-order valence-corrected chi connectivity index (χ0v) is 13.2. The maximum absolute atomic E-state index is 12.5. The number of hydrogen-bond acceptors (Lipinski definition) is 4. The van der Waals surface area contributed by atoms with E-state index in [4.69, 9.17) is 4.74 Å². The van der Waals surface area contributed by atoms with Crippen LogP contribution in [0.15, 0.2) is 24.3 Å². The van der Waals surface area contributed by atoms with Gasteiger partial charge in [-0.15, -0.1) is 0 Å². The number of carbonyl (C=O) groups excluding carboxylic acids is 1. The predicted molar refractivity (Wildman–Crippen MR) is 81.3 cm³/mol. The molecule has 0 spiro atoms. The van der Waals surface area contributed by atoms with E-state index in [-0.39, 0.29) is 17.6 Å². The molecule has 2 rings (SSSR count). The molecule has 21 heavy (non-hydrogen) atoms. The molecule has 0 N–H and O–H groups in total. The normalized spacial score (nSPS) is 19.3. The van der Waals surface area contributed by atoms with Crippen molar-refractivity contribution in [2.24, 2.45) is 5.92 Å². The van der Waals surface area contributed by atoms with Crippen LogP contribution in [0.4, 0.5) is 0 Å². The lowest BCUT2D eigenvalue weighted by molar-refractivity contribution is 0.0684. The van der Waals surface area contributed by atoms with Crippen molar-refractivity contribution in [3.8, 4) is 5.75 Å². The van der Waals surface area contributed by atoms with Gasteiger partial charge in [0.05, 0.1) is 12.9 Å². The Morgan fingerprint density at radius 1 is 1.43 bits per heavy atom. The van der Waals surface area contributed by atoms with Crippen LogP contribution in [-0.2, 0) is 9.84 Å². The van der Waals surface area contributed by atoms with Gasteiger partial charge in [0.1, 0.15) is 15.6 Å². The van der Waals surface area contributed by atoms with Crippen LogP contribution < -0.4 is 4.74 Å². The number of rotatable bonds is 4. The summed E-state index contributed by atoms with van der Waals surface area (Å²) in [5.41, 5.74) is 0.578. The second-order valence-electron chi connectivity index (χ2n) is 5.58. The molecule has 0 bridgehead atoms. The average Bonchev–Trinajstić information content (AvgIpc) is 2.45. The lowest BCUT2D eigenvalue weighted by Gasteiger charge is -2.32. The van der Waals surface area contributed by atoms with Crippen LogP contribution in [0.1, 0.15) is 23.2 Å². The van der Waals surface area contributed by atoms with Crippen LogP contribution in [0.25, 0.3) is 0 Å². The first-order valence-electron chi connectivity index (χ1n) is 7.00. The number of amides is 1. The number of nitrogens with zero attached hydrogens (tertiary/aromatic N) is 1. The topological polar surface area (TPSA) is 63.7 Å². The van der Waals surface area contributed by atoms with Crippen molar-refractivity contribution in [2.45, 2.75) is 12.8 Å². The van der Waals surface area contributed by atoms with Gasteiger partial charge in [-0.25, -0.2) is 8.42 Å². The van der Waals surface area contributed by atoms with Gasteiger partial charge in [0.25, 0.3) is 5.91 Å². The van der Waals surface area contributed by atoms with Crippen molar-refractivity contribution < 1.29 is 17.9 Å². The number of benzene rings is 1.